The van der Waals surface area contributed by atoms with Gasteiger partial charge in [0.25, 0.3) is 5.91 Å². The fourth-order valence-electron chi connectivity index (χ4n) is 1.29. The van der Waals surface area contributed by atoms with E-state index >= 15 is 0 Å². The van der Waals surface area contributed by atoms with Gasteiger partial charge in [-0.25, -0.2) is 17.9 Å². The Kier molecular flexibility index (Phi) is 4.89. The van der Waals surface area contributed by atoms with Crippen molar-refractivity contribution in [3.8, 4) is 0 Å². The van der Waals surface area contributed by atoms with Crippen LogP contribution < -0.4 is 10.5 Å². The van der Waals surface area contributed by atoms with E-state index in [2.05, 4.69) is 5.32 Å². The number of hydrogen-bond donors (Lipinski definition) is 2. The molecule has 8 heteroatoms. The van der Waals surface area contributed by atoms with Crippen molar-refractivity contribution in [2.24, 2.45) is 11.1 Å². The van der Waals surface area contributed by atoms with Crippen LogP contribution >= 0.6 is 11.6 Å². The molecule has 0 heterocycles. The predicted molar refractivity (Wildman–Crippen MR) is 70.0 cm³/mol. The molecule has 1 aromatic carbocycles. The topological polar surface area (TPSA) is 89.3 Å². The minimum absolute atomic E-state index is 0.189. The van der Waals surface area contributed by atoms with Crippen molar-refractivity contribution in [2.75, 3.05) is 6.54 Å². The van der Waals surface area contributed by atoms with Crippen LogP contribution in [0.2, 0.25) is 5.02 Å². The lowest BCUT2D eigenvalue weighted by Gasteiger charge is -2.10. The maximum Gasteiger partial charge on any atom is 0.252 e. The van der Waals surface area contributed by atoms with Gasteiger partial charge in [-0.2, -0.15) is 0 Å². The van der Waals surface area contributed by atoms with Crippen molar-refractivity contribution in [1.82, 2.24) is 5.32 Å². The van der Waals surface area contributed by atoms with Gasteiger partial charge in [0, 0.05) is 6.54 Å². The highest BCUT2D eigenvalue weighted by Gasteiger charge is 2.19. The summed E-state index contributed by atoms with van der Waals surface area (Å²) in [5.41, 5.74) is -0.258. The molecule has 0 atom stereocenters. The van der Waals surface area contributed by atoms with Gasteiger partial charge in [0.05, 0.1) is 15.5 Å². The lowest BCUT2D eigenvalue weighted by molar-refractivity contribution is 0.0948. The molecule has 19 heavy (non-hydrogen) atoms. The molecule has 0 aliphatic heterocycles. The molecule has 0 spiro atoms. The second-order valence-corrected chi connectivity index (χ2v) is 6.35. The fourth-order valence-corrected chi connectivity index (χ4v) is 2.03. The molecular weight excluding hydrogens is 295 g/mol. The zero-order valence-corrected chi connectivity index (χ0v) is 12.0. The van der Waals surface area contributed by atoms with Gasteiger partial charge < -0.3 is 5.32 Å². The van der Waals surface area contributed by atoms with Gasteiger partial charge in [-0.3, -0.25) is 4.79 Å². The average molecular weight is 309 g/mol. The molecule has 1 rings (SSSR count). The number of sulfonamides is 1. The summed E-state index contributed by atoms with van der Waals surface area (Å²) in [6.07, 6.45) is 0. The maximum atomic E-state index is 13.5. The Hall–Kier alpha value is -1.18. The van der Waals surface area contributed by atoms with Crippen LogP contribution in [0.4, 0.5) is 4.39 Å². The molecule has 106 valence electrons. The van der Waals surface area contributed by atoms with Crippen LogP contribution in [0.3, 0.4) is 0 Å². The Bertz CT molecular complexity index is 602. The van der Waals surface area contributed by atoms with E-state index in [-0.39, 0.29) is 11.5 Å². The van der Waals surface area contributed by atoms with Gasteiger partial charge in [0.2, 0.25) is 10.0 Å². The van der Waals surface area contributed by atoms with Crippen LogP contribution in [0.15, 0.2) is 17.0 Å². The predicted octanol–water partition coefficient (Wildman–Crippen LogP) is 1.51. The molecular formula is C11H14ClFN2O3S. The Morgan fingerprint density at radius 1 is 1.47 bits per heavy atom. The average Bonchev–Trinajstić information content (AvgIpc) is 2.27. The number of carbonyl (C=O) groups excluding carboxylic acids is 1. The molecule has 0 radical (unpaired) electrons. The molecule has 0 aliphatic carbocycles. The van der Waals surface area contributed by atoms with Gasteiger partial charge in [-0.05, 0) is 18.1 Å². The van der Waals surface area contributed by atoms with Crippen molar-refractivity contribution < 1.29 is 17.6 Å². The number of amides is 1. The molecule has 0 unspecified atom stereocenters. The van der Waals surface area contributed by atoms with E-state index in [1.807, 2.05) is 13.8 Å². The van der Waals surface area contributed by atoms with Crippen molar-refractivity contribution >= 4 is 27.5 Å². The van der Waals surface area contributed by atoms with Crippen molar-refractivity contribution in [2.45, 2.75) is 18.7 Å². The summed E-state index contributed by atoms with van der Waals surface area (Å²) in [5, 5.41) is 6.98. The lowest BCUT2D eigenvalue weighted by atomic mass is 10.2. The minimum Gasteiger partial charge on any atom is -0.352 e. The number of benzene rings is 1. The van der Waals surface area contributed by atoms with Crippen molar-refractivity contribution in [3.05, 3.63) is 28.5 Å². The number of carbonyl (C=O) groups is 1. The first kappa shape index (κ1) is 15.9. The summed E-state index contributed by atoms with van der Waals surface area (Å²) < 4.78 is 35.8. The first-order valence-electron chi connectivity index (χ1n) is 5.43. The molecule has 1 aromatic rings. The quantitative estimate of drug-likeness (QED) is 0.883. The Morgan fingerprint density at radius 3 is 2.53 bits per heavy atom. The van der Waals surface area contributed by atoms with E-state index in [4.69, 9.17) is 16.7 Å². The monoisotopic (exact) mass is 308 g/mol. The number of nitrogens with one attached hydrogen (secondary N) is 1. The summed E-state index contributed by atoms with van der Waals surface area (Å²) in [7, 11) is -4.11. The summed E-state index contributed by atoms with van der Waals surface area (Å²) >= 11 is 5.65. The molecule has 0 saturated carbocycles. The smallest absolute Gasteiger partial charge is 0.252 e. The molecule has 5 nitrogen and oxygen atoms in total. The van der Waals surface area contributed by atoms with Crippen LogP contribution in [0, 0.1) is 11.7 Å². The summed E-state index contributed by atoms with van der Waals surface area (Å²) in [5.74, 6) is -1.47. The van der Waals surface area contributed by atoms with E-state index in [9.17, 15) is 17.6 Å². The molecule has 0 bridgehead atoms. The van der Waals surface area contributed by atoms with Crippen molar-refractivity contribution in [1.29, 1.82) is 0 Å². The van der Waals surface area contributed by atoms with Crippen LogP contribution in [-0.2, 0) is 10.0 Å². The van der Waals surface area contributed by atoms with E-state index in [1.165, 1.54) is 0 Å². The van der Waals surface area contributed by atoms with Gasteiger partial charge in [0.1, 0.15) is 5.82 Å². The van der Waals surface area contributed by atoms with Crippen molar-refractivity contribution in [3.63, 3.8) is 0 Å². The Labute approximate surface area is 116 Å². The second-order valence-electron chi connectivity index (χ2n) is 4.42. The second kappa shape index (κ2) is 5.85. The van der Waals surface area contributed by atoms with E-state index in [1.54, 1.807) is 0 Å². The molecule has 0 saturated heterocycles. The molecule has 3 N–H and O–H groups in total. The maximum absolute atomic E-state index is 13.5. The fraction of sp³-hybridized carbons (Fsp3) is 0.364. The summed E-state index contributed by atoms with van der Waals surface area (Å²) in [4.78, 5) is 11.3. The normalized spacial score (nSPS) is 11.7. The zero-order valence-electron chi connectivity index (χ0n) is 10.4. The van der Waals surface area contributed by atoms with E-state index < -0.39 is 31.7 Å². The Balaban J connectivity index is 3.20. The van der Waals surface area contributed by atoms with Crippen LogP contribution in [0.25, 0.3) is 0 Å². The van der Waals surface area contributed by atoms with Crippen LogP contribution in [-0.4, -0.2) is 20.9 Å². The first-order chi connectivity index (χ1) is 8.62. The number of primary sulfonamides is 1. The van der Waals surface area contributed by atoms with Crippen LogP contribution in [0.5, 0.6) is 0 Å². The zero-order chi connectivity index (χ0) is 14.8. The molecule has 0 aromatic heterocycles. The summed E-state index contributed by atoms with van der Waals surface area (Å²) in [6, 6.07) is 1.63. The van der Waals surface area contributed by atoms with Gasteiger partial charge >= 0.3 is 0 Å². The highest BCUT2D eigenvalue weighted by molar-refractivity contribution is 7.89. The molecule has 0 aliphatic rings. The third kappa shape index (κ3) is 4.15. The minimum atomic E-state index is -4.11. The Morgan fingerprint density at radius 2 is 2.05 bits per heavy atom. The number of nitrogens with two attached hydrogens (primary N) is 1. The largest absolute Gasteiger partial charge is 0.352 e. The number of hydrogen-bond acceptors (Lipinski definition) is 3. The van der Waals surface area contributed by atoms with Gasteiger partial charge in [-0.1, -0.05) is 25.4 Å². The number of halogens is 2. The first-order valence-corrected chi connectivity index (χ1v) is 7.35. The lowest BCUT2D eigenvalue weighted by Crippen LogP contribution is -2.28. The highest BCUT2D eigenvalue weighted by Crippen LogP contribution is 2.24. The van der Waals surface area contributed by atoms with E-state index in [0.717, 1.165) is 6.07 Å². The molecule has 0 fully saturated rings. The third-order valence-electron chi connectivity index (χ3n) is 2.25. The van der Waals surface area contributed by atoms with Gasteiger partial charge in [-0.15, -0.1) is 0 Å². The highest BCUT2D eigenvalue weighted by atomic mass is 35.5. The molecule has 1 amide bonds. The standard InChI is InChI=1S/C11H14ClFN2O3S/c1-6(2)5-15-11(16)8-3-7(19(14,17)18)4-9(13)10(8)12/h3-4,6H,5H2,1-2H3,(H,15,16)(H2,14,17,18). The summed E-state index contributed by atoms with van der Waals surface area (Å²) in [6.45, 7) is 4.11. The third-order valence-corrected chi connectivity index (χ3v) is 3.52. The van der Waals surface area contributed by atoms with E-state index in [0.29, 0.717) is 12.6 Å². The van der Waals surface area contributed by atoms with Crippen LogP contribution in [0.1, 0.15) is 24.2 Å². The SMILES string of the molecule is CC(C)CNC(=O)c1cc(S(N)(=O)=O)cc(F)c1Cl. The van der Waals surface area contributed by atoms with Gasteiger partial charge in [0.15, 0.2) is 0 Å². The number of rotatable bonds is 4.